The van der Waals surface area contributed by atoms with Crippen molar-refractivity contribution in [2.24, 2.45) is 5.92 Å². The van der Waals surface area contributed by atoms with Gasteiger partial charge in [0.1, 0.15) is 0 Å². The summed E-state index contributed by atoms with van der Waals surface area (Å²) in [6.07, 6.45) is 8.33. The molecule has 0 aromatic heterocycles. The van der Waals surface area contributed by atoms with Crippen molar-refractivity contribution in [2.45, 2.75) is 38.2 Å². The number of allylic oxidation sites excluding steroid dienone is 1. The largest absolute Gasteiger partial charge is 0.501 e. The van der Waals surface area contributed by atoms with Crippen LogP contribution in [-0.4, -0.2) is 17.8 Å². The Balaban J connectivity index is 2.26. The van der Waals surface area contributed by atoms with E-state index in [1.165, 1.54) is 5.57 Å². The fourth-order valence-corrected chi connectivity index (χ4v) is 2.51. The summed E-state index contributed by atoms with van der Waals surface area (Å²) in [5, 5.41) is 10.2. The van der Waals surface area contributed by atoms with Crippen molar-refractivity contribution < 1.29 is 9.84 Å². The van der Waals surface area contributed by atoms with E-state index in [-0.39, 0.29) is 5.92 Å². The van der Waals surface area contributed by atoms with E-state index in [0.29, 0.717) is 0 Å². The van der Waals surface area contributed by atoms with Crippen LogP contribution in [0.4, 0.5) is 0 Å². The molecule has 14 heavy (non-hydrogen) atoms. The zero-order valence-electron chi connectivity index (χ0n) is 8.92. The molecule has 0 bridgehead atoms. The van der Waals surface area contributed by atoms with E-state index >= 15 is 0 Å². The number of methoxy groups -OCH3 is 1. The van der Waals surface area contributed by atoms with Crippen LogP contribution >= 0.6 is 0 Å². The van der Waals surface area contributed by atoms with E-state index in [1.807, 2.05) is 6.92 Å². The Kier molecular flexibility index (Phi) is 2.40. The molecule has 0 spiro atoms. The molecule has 0 saturated heterocycles. The van der Waals surface area contributed by atoms with E-state index < -0.39 is 5.60 Å². The molecule has 1 fully saturated rings. The van der Waals surface area contributed by atoms with Crippen LogP contribution in [0.25, 0.3) is 0 Å². The number of fused-ring (bicyclic) bond motifs is 1. The highest BCUT2D eigenvalue weighted by Crippen LogP contribution is 2.41. The third-order valence-electron chi connectivity index (χ3n) is 3.40. The van der Waals surface area contributed by atoms with Gasteiger partial charge in [0.05, 0.1) is 18.5 Å². The Hall–Kier alpha value is -0.760. The third kappa shape index (κ3) is 1.59. The summed E-state index contributed by atoms with van der Waals surface area (Å²) in [4.78, 5) is 0. The van der Waals surface area contributed by atoms with Gasteiger partial charge in [0, 0.05) is 12.3 Å². The average Bonchev–Trinajstić information content (AvgIpc) is 2.17. The van der Waals surface area contributed by atoms with E-state index in [0.717, 1.165) is 31.4 Å². The molecule has 0 aromatic carbocycles. The summed E-state index contributed by atoms with van der Waals surface area (Å²) in [5.41, 5.74) is 0.816. The molecule has 0 amide bonds. The van der Waals surface area contributed by atoms with Gasteiger partial charge in [0.15, 0.2) is 0 Å². The lowest BCUT2D eigenvalue weighted by atomic mass is 9.71. The Labute approximate surface area is 85.3 Å². The average molecular weight is 194 g/mol. The second-order valence-electron chi connectivity index (χ2n) is 4.51. The molecule has 0 aromatic rings. The van der Waals surface area contributed by atoms with Gasteiger partial charge < -0.3 is 9.84 Å². The van der Waals surface area contributed by atoms with Gasteiger partial charge in [-0.1, -0.05) is 11.6 Å². The number of hydrogen-bond donors (Lipinski definition) is 1. The predicted octanol–water partition coefficient (Wildman–Crippen LogP) is 2.40. The van der Waals surface area contributed by atoms with Crippen molar-refractivity contribution in [3.8, 4) is 0 Å². The van der Waals surface area contributed by atoms with Gasteiger partial charge in [-0.2, -0.15) is 0 Å². The highest BCUT2D eigenvalue weighted by atomic mass is 16.5. The molecule has 2 aliphatic carbocycles. The third-order valence-corrected chi connectivity index (χ3v) is 3.40. The van der Waals surface area contributed by atoms with Gasteiger partial charge in [-0.15, -0.1) is 0 Å². The van der Waals surface area contributed by atoms with Crippen LogP contribution in [0.15, 0.2) is 23.5 Å². The second kappa shape index (κ2) is 3.43. The molecule has 0 heterocycles. The Morgan fingerprint density at radius 1 is 1.57 bits per heavy atom. The molecule has 1 saturated carbocycles. The molecule has 2 rings (SSSR count). The molecule has 2 aliphatic rings. The standard InChI is InChI=1S/C12H18O2/c1-12(13)7-3-4-9-5-6-10(14-2)8-11(9)12/h5,8,11,13H,3-4,6-7H2,1-2H3/t11-,12-/m0/s1. The lowest BCUT2D eigenvalue weighted by molar-refractivity contribution is 0.00582. The first-order valence-electron chi connectivity index (χ1n) is 5.29. The van der Waals surface area contributed by atoms with Gasteiger partial charge >= 0.3 is 0 Å². The van der Waals surface area contributed by atoms with Crippen molar-refractivity contribution in [2.75, 3.05) is 7.11 Å². The van der Waals surface area contributed by atoms with Crippen LogP contribution in [0, 0.1) is 5.92 Å². The SMILES string of the molecule is COC1=C[C@H]2C(=CC1)CCC[C@]2(C)O. The predicted molar refractivity (Wildman–Crippen MR) is 55.8 cm³/mol. The molecule has 0 radical (unpaired) electrons. The minimum Gasteiger partial charge on any atom is -0.501 e. The lowest BCUT2D eigenvalue weighted by Gasteiger charge is -2.39. The Bertz CT molecular complexity index is 287. The number of rotatable bonds is 1. The van der Waals surface area contributed by atoms with Crippen molar-refractivity contribution in [3.05, 3.63) is 23.5 Å². The minimum absolute atomic E-state index is 0.181. The van der Waals surface area contributed by atoms with Crippen molar-refractivity contribution >= 4 is 0 Å². The number of aliphatic hydroxyl groups is 1. The molecular formula is C12H18O2. The summed E-state index contributed by atoms with van der Waals surface area (Å²) in [6.45, 7) is 1.93. The summed E-state index contributed by atoms with van der Waals surface area (Å²) in [6, 6.07) is 0. The zero-order valence-corrected chi connectivity index (χ0v) is 8.92. The summed E-state index contributed by atoms with van der Waals surface area (Å²) < 4.78 is 5.24. The van der Waals surface area contributed by atoms with Gasteiger partial charge in [-0.05, 0) is 32.3 Å². The second-order valence-corrected chi connectivity index (χ2v) is 4.51. The van der Waals surface area contributed by atoms with E-state index in [4.69, 9.17) is 4.74 Å². The van der Waals surface area contributed by atoms with Crippen LogP contribution in [0.3, 0.4) is 0 Å². The van der Waals surface area contributed by atoms with Crippen molar-refractivity contribution in [1.82, 2.24) is 0 Å². The highest BCUT2D eigenvalue weighted by molar-refractivity contribution is 5.28. The zero-order chi connectivity index (χ0) is 10.2. The lowest BCUT2D eigenvalue weighted by Crippen LogP contribution is -2.38. The monoisotopic (exact) mass is 194 g/mol. The van der Waals surface area contributed by atoms with Crippen LogP contribution in [0.1, 0.15) is 32.6 Å². The molecule has 0 aliphatic heterocycles. The first kappa shape index (κ1) is 9.78. The minimum atomic E-state index is -0.575. The molecule has 0 unspecified atom stereocenters. The van der Waals surface area contributed by atoms with Gasteiger partial charge in [-0.25, -0.2) is 0 Å². The maximum atomic E-state index is 10.2. The normalized spacial score (nSPS) is 36.9. The van der Waals surface area contributed by atoms with E-state index in [2.05, 4.69) is 12.2 Å². The first-order valence-corrected chi connectivity index (χ1v) is 5.29. The van der Waals surface area contributed by atoms with E-state index in [9.17, 15) is 5.11 Å². The van der Waals surface area contributed by atoms with Crippen molar-refractivity contribution in [1.29, 1.82) is 0 Å². The van der Waals surface area contributed by atoms with Crippen LogP contribution < -0.4 is 0 Å². The van der Waals surface area contributed by atoms with E-state index in [1.54, 1.807) is 7.11 Å². The van der Waals surface area contributed by atoms with Crippen molar-refractivity contribution in [3.63, 3.8) is 0 Å². The topological polar surface area (TPSA) is 29.5 Å². The Morgan fingerprint density at radius 3 is 3.07 bits per heavy atom. The van der Waals surface area contributed by atoms with Gasteiger partial charge in [-0.3, -0.25) is 0 Å². The fourth-order valence-electron chi connectivity index (χ4n) is 2.51. The summed E-state index contributed by atoms with van der Waals surface area (Å²) >= 11 is 0. The summed E-state index contributed by atoms with van der Waals surface area (Å²) in [5.74, 6) is 1.17. The molecule has 78 valence electrons. The number of ether oxygens (including phenoxy) is 1. The highest BCUT2D eigenvalue weighted by Gasteiger charge is 2.37. The Morgan fingerprint density at radius 2 is 2.36 bits per heavy atom. The molecular weight excluding hydrogens is 176 g/mol. The first-order chi connectivity index (χ1) is 6.63. The van der Waals surface area contributed by atoms with Crippen LogP contribution in [-0.2, 0) is 4.74 Å². The molecule has 2 nitrogen and oxygen atoms in total. The molecule has 2 heteroatoms. The van der Waals surface area contributed by atoms with Crippen LogP contribution in [0.5, 0.6) is 0 Å². The fraction of sp³-hybridized carbons (Fsp3) is 0.667. The van der Waals surface area contributed by atoms with Gasteiger partial charge in [0.25, 0.3) is 0 Å². The maximum absolute atomic E-state index is 10.2. The molecule has 1 N–H and O–H groups in total. The number of hydrogen-bond acceptors (Lipinski definition) is 2. The quantitative estimate of drug-likeness (QED) is 0.649. The molecule has 2 atom stereocenters. The van der Waals surface area contributed by atoms with Gasteiger partial charge in [0.2, 0.25) is 0 Å². The maximum Gasteiger partial charge on any atom is 0.0960 e. The van der Waals surface area contributed by atoms with Crippen LogP contribution in [0.2, 0.25) is 0 Å². The smallest absolute Gasteiger partial charge is 0.0960 e. The summed E-state index contributed by atoms with van der Waals surface area (Å²) in [7, 11) is 1.70.